The predicted molar refractivity (Wildman–Crippen MR) is 123 cm³/mol. The number of nitrogens with one attached hydrogen (secondary N) is 1. The second kappa shape index (κ2) is 10.5. The van der Waals surface area contributed by atoms with E-state index in [-0.39, 0.29) is 5.69 Å². The lowest BCUT2D eigenvalue weighted by atomic mass is 10.0. The van der Waals surface area contributed by atoms with Gasteiger partial charge in [-0.1, -0.05) is 42.5 Å². The van der Waals surface area contributed by atoms with Crippen molar-refractivity contribution in [2.24, 2.45) is 0 Å². The standard InChI is InChI=1S/C26H24F3NO5/c1-25(2,23(31)32)35-21-14-8-17(9-15-21)16-22(18-6-4-3-5-7-18)34-24(33)30-20-12-10-19(11-13-20)26(27,28)29/h3-15,22H,16H2,1-2H3,(H,30,33)(H,31,32). The summed E-state index contributed by atoms with van der Waals surface area (Å²) in [6.07, 6.45) is -5.68. The minimum Gasteiger partial charge on any atom is -0.478 e. The van der Waals surface area contributed by atoms with Crippen molar-refractivity contribution in [2.45, 2.75) is 38.1 Å². The lowest BCUT2D eigenvalue weighted by molar-refractivity contribution is -0.152. The molecule has 184 valence electrons. The molecule has 0 fully saturated rings. The molecule has 0 aliphatic heterocycles. The van der Waals surface area contributed by atoms with Gasteiger partial charge in [-0.3, -0.25) is 5.32 Å². The van der Waals surface area contributed by atoms with E-state index < -0.39 is 35.5 Å². The monoisotopic (exact) mass is 487 g/mol. The number of halogens is 3. The number of carbonyl (C=O) groups is 2. The fraction of sp³-hybridized carbons (Fsp3) is 0.231. The molecule has 0 bridgehead atoms. The van der Waals surface area contributed by atoms with Crippen LogP contribution >= 0.6 is 0 Å². The van der Waals surface area contributed by atoms with Crippen LogP contribution in [0.1, 0.15) is 36.6 Å². The minimum absolute atomic E-state index is 0.164. The Morgan fingerprint density at radius 1 is 0.914 bits per heavy atom. The number of anilines is 1. The number of carbonyl (C=O) groups excluding carboxylic acids is 1. The normalized spacial score (nSPS) is 12.5. The van der Waals surface area contributed by atoms with Gasteiger partial charge in [-0.15, -0.1) is 0 Å². The number of carboxylic acids is 1. The number of carboxylic acid groups (broad SMARTS) is 1. The first-order valence-corrected chi connectivity index (χ1v) is 10.7. The van der Waals surface area contributed by atoms with Gasteiger partial charge >= 0.3 is 18.2 Å². The third kappa shape index (κ3) is 7.23. The smallest absolute Gasteiger partial charge is 0.416 e. The third-order valence-electron chi connectivity index (χ3n) is 5.11. The first-order chi connectivity index (χ1) is 16.4. The molecule has 0 aliphatic carbocycles. The SMILES string of the molecule is CC(C)(Oc1ccc(CC(OC(=O)Nc2ccc(C(F)(F)F)cc2)c2ccccc2)cc1)C(=O)O. The molecule has 1 unspecified atom stereocenters. The van der Waals surface area contributed by atoms with Crippen molar-refractivity contribution in [1.29, 1.82) is 0 Å². The van der Waals surface area contributed by atoms with Gasteiger partial charge in [-0.25, -0.2) is 9.59 Å². The first-order valence-electron chi connectivity index (χ1n) is 10.7. The molecule has 0 heterocycles. The van der Waals surface area contributed by atoms with Crippen LogP contribution in [0.4, 0.5) is 23.7 Å². The van der Waals surface area contributed by atoms with Crippen molar-refractivity contribution in [3.8, 4) is 5.75 Å². The number of hydrogen-bond acceptors (Lipinski definition) is 4. The highest BCUT2D eigenvalue weighted by molar-refractivity contribution is 5.84. The summed E-state index contributed by atoms with van der Waals surface area (Å²) in [6, 6.07) is 19.8. The van der Waals surface area contributed by atoms with Gasteiger partial charge in [0.2, 0.25) is 0 Å². The van der Waals surface area contributed by atoms with E-state index in [1.54, 1.807) is 48.5 Å². The highest BCUT2D eigenvalue weighted by atomic mass is 19.4. The molecule has 2 N–H and O–H groups in total. The van der Waals surface area contributed by atoms with Gasteiger partial charge in [0.05, 0.1) is 5.56 Å². The Labute approximate surface area is 200 Å². The summed E-state index contributed by atoms with van der Waals surface area (Å²) in [4.78, 5) is 23.8. The van der Waals surface area contributed by atoms with Crippen molar-refractivity contribution in [1.82, 2.24) is 0 Å². The van der Waals surface area contributed by atoms with Crippen LogP contribution in [0, 0.1) is 0 Å². The van der Waals surface area contributed by atoms with Crippen molar-refractivity contribution in [3.05, 3.63) is 95.6 Å². The summed E-state index contributed by atoms with van der Waals surface area (Å²) in [5.41, 5.74) is -0.535. The van der Waals surface area contributed by atoms with E-state index in [9.17, 15) is 27.9 Å². The molecule has 0 saturated carbocycles. The average molecular weight is 487 g/mol. The van der Waals surface area contributed by atoms with Gasteiger partial charge in [0, 0.05) is 12.1 Å². The summed E-state index contributed by atoms with van der Waals surface area (Å²) >= 11 is 0. The zero-order valence-electron chi connectivity index (χ0n) is 19.0. The van der Waals surface area contributed by atoms with Gasteiger partial charge < -0.3 is 14.6 Å². The molecule has 0 aromatic heterocycles. The Kier molecular flexibility index (Phi) is 7.68. The Morgan fingerprint density at radius 3 is 2.06 bits per heavy atom. The zero-order chi connectivity index (χ0) is 25.6. The molecular weight excluding hydrogens is 463 g/mol. The molecule has 3 rings (SSSR count). The molecule has 9 heteroatoms. The number of amides is 1. The number of alkyl halides is 3. The summed E-state index contributed by atoms with van der Waals surface area (Å²) in [7, 11) is 0. The maximum atomic E-state index is 12.7. The fourth-order valence-electron chi connectivity index (χ4n) is 3.16. The molecule has 0 saturated heterocycles. The van der Waals surface area contributed by atoms with E-state index in [4.69, 9.17) is 9.47 Å². The summed E-state index contributed by atoms with van der Waals surface area (Å²) in [5.74, 6) is -0.725. The maximum Gasteiger partial charge on any atom is 0.416 e. The van der Waals surface area contributed by atoms with Gasteiger partial charge in [0.25, 0.3) is 0 Å². The summed E-state index contributed by atoms with van der Waals surface area (Å²) in [6.45, 7) is 2.88. The quantitative estimate of drug-likeness (QED) is 0.380. The second-order valence-corrected chi connectivity index (χ2v) is 8.27. The molecule has 3 aromatic carbocycles. The third-order valence-corrected chi connectivity index (χ3v) is 5.11. The van der Waals surface area contributed by atoms with Crippen LogP contribution in [0.5, 0.6) is 5.75 Å². The average Bonchev–Trinajstić information content (AvgIpc) is 2.80. The van der Waals surface area contributed by atoms with Crippen molar-refractivity contribution >= 4 is 17.7 Å². The van der Waals surface area contributed by atoms with E-state index in [0.717, 1.165) is 35.4 Å². The summed E-state index contributed by atoms with van der Waals surface area (Å²) < 4.78 is 49.3. The number of hydrogen-bond donors (Lipinski definition) is 2. The molecule has 0 spiro atoms. The minimum atomic E-state index is -4.47. The van der Waals surface area contributed by atoms with Crippen LogP contribution in [0.25, 0.3) is 0 Å². The number of ether oxygens (including phenoxy) is 2. The van der Waals surface area contributed by atoms with Crippen LogP contribution in [-0.2, 0) is 22.1 Å². The zero-order valence-corrected chi connectivity index (χ0v) is 19.0. The van der Waals surface area contributed by atoms with E-state index in [1.807, 2.05) is 6.07 Å². The van der Waals surface area contributed by atoms with E-state index in [0.29, 0.717) is 12.2 Å². The van der Waals surface area contributed by atoms with Crippen molar-refractivity contribution in [3.63, 3.8) is 0 Å². The lowest BCUT2D eigenvalue weighted by Gasteiger charge is -2.22. The Morgan fingerprint density at radius 2 is 1.51 bits per heavy atom. The molecular formula is C26H24F3NO5. The van der Waals surface area contributed by atoms with Gasteiger partial charge in [0.15, 0.2) is 5.60 Å². The molecule has 0 radical (unpaired) electrons. The first kappa shape index (κ1) is 25.6. The lowest BCUT2D eigenvalue weighted by Crippen LogP contribution is -2.37. The van der Waals surface area contributed by atoms with Gasteiger partial charge in [0.1, 0.15) is 11.9 Å². The highest BCUT2D eigenvalue weighted by Crippen LogP contribution is 2.30. The molecule has 0 aliphatic rings. The van der Waals surface area contributed by atoms with E-state index in [1.165, 1.54) is 13.8 Å². The molecule has 1 amide bonds. The van der Waals surface area contributed by atoms with Crippen molar-refractivity contribution in [2.75, 3.05) is 5.32 Å². The predicted octanol–water partition coefficient (Wildman–Crippen LogP) is 6.48. The topological polar surface area (TPSA) is 84.9 Å². The van der Waals surface area contributed by atoms with Gasteiger partial charge in [-0.2, -0.15) is 13.2 Å². The number of benzene rings is 3. The van der Waals surface area contributed by atoms with Crippen LogP contribution in [-0.4, -0.2) is 22.8 Å². The summed E-state index contributed by atoms with van der Waals surface area (Å²) in [5, 5.41) is 11.7. The van der Waals surface area contributed by atoms with Gasteiger partial charge in [-0.05, 0) is 61.4 Å². The number of aliphatic carboxylic acids is 1. The Hall–Kier alpha value is -4.01. The van der Waals surface area contributed by atoms with E-state index in [2.05, 4.69) is 5.32 Å². The van der Waals surface area contributed by atoms with Crippen LogP contribution < -0.4 is 10.1 Å². The Bertz CT molecular complexity index is 1140. The highest BCUT2D eigenvalue weighted by Gasteiger charge is 2.30. The van der Waals surface area contributed by atoms with Crippen molar-refractivity contribution < 1.29 is 37.3 Å². The maximum absolute atomic E-state index is 12.7. The van der Waals surface area contributed by atoms with Crippen LogP contribution in [0.15, 0.2) is 78.9 Å². The Balaban J connectivity index is 1.71. The molecule has 35 heavy (non-hydrogen) atoms. The largest absolute Gasteiger partial charge is 0.478 e. The second-order valence-electron chi connectivity index (χ2n) is 8.27. The molecule has 1 atom stereocenters. The molecule has 6 nitrogen and oxygen atoms in total. The van der Waals surface area contributed by atoms with E-state index >= 15 is 0 Å². The molecule has 3 aromatic rings. The number of rotatable bonds is 8. The fourth-order valence-corrected chi connectivity index (χ4v) is 3.16. The van der Waals surface area contributed by atoms with Crippen LogP contribution in [0.3, 0.4) is 0 Å². The van der Waals surface area contributed by atoms with Crippen LogP contribution in [0.2, 0.25) is 0 Å².